The van der Waals surface area contributed by atoms with Crippen LogP contribution in [0.3, 0.4) is 0 Å². The van der Waals surface area contributed by atoms with Crippen molar-refractivity contribution in [2.24, 2.45) is 0 Å². The van der Waals surface area contributed by atoms with Crippen LogP contribution < -0.4 is 4.90 Å². The average Bonchev–Trinajstić information content (AvgIpc) is 3.31. The minimum Gasteiger partial charge on any atom is -0.456 e. The lowest BCUT2D eigenvalue weighted by atomic mass is 9.82. The van der Waals surface area contributed by atoms with Crippen LogP contribution in [0, 0.1) is 0 Å². The Morgan fingerprint density at radius 3 is 2.17 bits per heavy atom. The Morgan fingerprint density at radius 1 is 0.722 bits per heavy atom. The van der Waals surface area contributed by atoms with Crippen LogP contribution in [0.25, 0.3) is 33.1 Å². The number of rotatable bonds is 3. The third-order valence-electron chi connectivity index (χ3n) is 7.93. The van der Waals surface area contributed by atoms with E-state index < -0.39 is 0 Å². The summed E-state index contributed by atoms with van der Waals surface area (Å²) in [7, 11) is 0. The number of nitrogens with zero attached hydrogens (tertiary/aromatic N) is 1. The Labute approximate surface area is 214 Å². The fourth-order valence-corrected chi connectivity index (χ4v) is 6.11. The Bertz CT molecular complexity index is 1630. The van der Waals surface area contributed by atoms with Gasteiger partial charge in [-0.3, -0.25) is 0 Å². The molecular weight excluding hydrogens is 438 g/mol. The van der Waals surface area contributed by atoms with Crippen LogP contribution in [-0.2, 0) is 10.8 Å². The Balaban J connectivity index is 1.49. The number of benzene rings is 4. The molecule has 0 unspecified atom stereocenters. The normalized spacial score (nSPS) is 14.4. The van der Waals surface area contributed by atoms with E-state index >= 15 is 0 Å². The largest absolute Gasteiger partial charge is 0.456 e. The highest BCUT2D eigenvalue weighted by atomic mass is 16.3. The van der Waals surface area contributed by atoms with Crippen molar-refractivity contribution in [1.29, 1.82) is 0 Å². The van der Waals surface area contributed by atoms with Gasteiger partial charge in [-0.15, -0.1) is 0 Å². The van der Waals surface area contributed by atoms with E-state index in [4.69, 9.17) is 4.42 Å². The first-order valence-electron chi connectivity index (χ1n) is 13.1. The summed E-state index contributed by atoms with van der Waals surface area (Å²) in [6.45, 7) is 15.9. The molecule has 0 N–H and O–H groups in total. The van der Waals surface area contributed by atoms with Crippen LogP contribution in [0.5, 0.6) is 0 Å². The molecule has 2 heteroatoms. The van der Waals surface area contributed by atoms with Crippen molar-refractivity contribution in [2.45, 2.75) is 65.3 Å². The lowest BCUT2D eigenvalue weighted by Crippen LogP contribution is -2.26. The summed E-state index contributed by atoms with van der Waals surface area (Å²) >= 11 is 0. The van der Waals surface area contributed by atoms with Crippen LogP contribution in [0.4, 0.5) is 11.4 Å². The van der Waals surface area contributed by atoms with E-state index in [9.17, 15) is 0 Å². The predicted octanol–water partition coefficient (Wildman–Crippen LogP) is 9.74. The lowest BCUT2D eigenvalue weighted by Gasteiger charge is -2.31. The standard InChI is InChI=1S/C34H35NO/c1-21(2)35(22-15-17-25-24-11-8-9-13-28(24)34(6,7)30(25)19-22)23-16-18-26-27-12-10-14-29(33(3,4)5)32(27)36-31(26)20-23/h8-21H,1-7H3. The monoisotopic (exact) mass is 473 g/mol. The number of anilines is 2. The van der Waals surface area contributed by atoms with Crippen LogP contribution in [-0.4, -0.2) is 6.04 Å². The van der Waals surface area contributed by atoms with E-state index in [0.29, 0.717) is 6.04 Å². The van der Waals surface area contributed by atoms with Crippen LogP contribution in [0.2, 0.25) is 0 Å². The van der Waals surface area contributed by atoms with Crippen molar-refractivity contribution in [3.63, 3.8) is 0 Å². The third kappa shape index (κ3) is 3.31. The zero-order valence-electron chi connectivity index (χ0n) is 22.4. The van der Waals surface area contributed by atoms with Gasteiger partial charge < -0.3 is 9.32 Å². The van der Waals surface area contributed by atoms with Crippen molar-refractivity contribution < 1.29 is 4.42 Å². The summed E-state index contributed by atoms with van der Waals surface area (Å²) in [5.41, 5.74) is 11.1. The number of furan rings is 1. The van der Waals surface area contributed by atoms with Gasteiger partial charge in [0.05, 0.1) is 0 Å². The first-order valence-corrected chi connectivity index (χ1v) is 13.1. The molecule has 0 atom stereocenters. The molecule has 0 aliphatic heterocycles. The quantitative estimate of drug-likeness (QED) is 0.259. The highest BCUT2D eigenvalue weighted by Crippen LogP contribution is 2.50. The van der Waals surface area contributed by atoms with Crippen molar-refractivity contribution in [1.82, 2.24) is 0 Å². The maximum atomic E-state index is 6.54. The van der Waals surface area contributed by atoms with Crippen molar-refractivity contribution >= 4 is 33.3 Å². The molecule has 1 heterocycles. The van der Waals surface area contributed by atoms with Gasteiger partial charge in [0.15, 0.2) is 0 Å². The first kappa shape index (κ1) is 22.9. The van der Waals surface area contributed by atoms with Crippen molar-refractivity contribution in [3.05, 3.63) is 95.6 Å². The topological polar surface area (TPSA) is 16.4 Å². The van der Waals surface area contributed by atoms with Crippen LogP contribution in [0.15, 0.2) is 83.3 Å². The molecule has 0 fully saturated rings. The van der Waals surface area contributed by atoms with Gasteiger partial charge in [0.2, 0.25) is 0 Å². The molecule has 6 rings (SSSR count). The van der Waals surface area contributed by atoms with E-state index in [-0.39, 0.29) is 10.8 Å². The van der Waals surface area contributed by atoms with Gasteiger partial charge in [-0.2, -0.15) is 0 Å². The van der Waals surface area contributed by atoms with Gasteiger partial charge in [0, 0.05) is 45.2 Å². The average molecular weight is 474 g/mol. The van der Waals surface area contributed by atoms with Gasteiger partial charge in [0.25, 0.3) is 0 Å². The third-order valence-corrected chi connectivity index (χ3v) is 7.93. The number of hydrogen-bond acceptors (Lipinski definition) is 2. The zero-order valence-corrected chi connectivity index (χ0v) is 22.4. The molecule has 4 aromatic carbocycles. The molecular formula is C34H35NO. The van der Waals surface area contributed by atoms with Gasteiger partial charge in [-0.25, -0.2) is 0 Å². The summed E-state index contributed by atoms with van der Waals surface area (Å²) in [5, 5.41) is 2.37. The van der Waals surface area contributed by atoms with E-state index in [0.717, 1.165) is 16.9 Å². The molecule has 0 saturated heterocycles. The number of hydrogen-bond donors (Lipinski definition) is 0. The second-order valence-electron chi connectivity index (χ2n) is 12.1. The lowest BCUT2D eigenvalue weighted by molar-refractivity contribution is 0.573. The van der Waals surface area contributed by atoms with E-state index in [1.54, 1.807) is 0 Å². The summed E-state index contributed by atoms with van der Waals surface area (Å²) in [6.07, 6.45) is 0. The van der Waals surface area contributed by atoms with Gasteiger partial charge in [0.1, 0.15) is 11.2 Å². The Hall–Kier alpha value is -3.52. The van der Waals surface area contributed by atoms with Crippen LogP contribution >= 0.6 is 0 Å². The van der Waals surface area contributed by atoms with Crippen molar-refractivity contribution in [3.8, 4) is 11.1 Å². The summed E-state index contributed by atoms with van der Waals surface area (Å²) in [5.74, 6) is 0. The van der Waals surface area contributed by atoms with Gasteiger partial charge in [-0.1, -0.05) is 83.1 Å². The minimum atomic E-state index is -0.0172. The molecule has 0 radical (unpaired) electrons. The van der Waals surface area contributed by atoms with E-state index in [1.165, 1.54) is 44.3 Å². The molecule has 36 heavy (non-hydrogen) atoms. The number of fused-ring (bicyclic) bond motifs is 6. The second kappa shape index (κ2) is 7.74. The fraction of sp³-hybridized carbons (Fsp3) is 0.294. The fourth-order valence-electron chi connectivity index (χ4n) is 6.11. The smallest absolute Gasteiger partial charge is 0.139 e. The summed E-state index contributed by atoms with van der Waals surface area (Å²) in [4.78, 5) is 2.43. The van der Waals surface area contributed by atoms with Crippen LogP contribution in [0.1, 0.15) is 65.2 Å². The highest BCUT2D eigenvalue weighted by molar-refractivity contribution is 6.07. The molecule has 2 nitrogen and oxygen atoms in total. The maximum absolute atomic E-state index is 6.54. The summed E-state index contributed by atoms with van der Waals surface area (Å²) < 4.78 is 6.54. The Morgan fingerprint density at radius 2 is 1.42 bits per heavy atom. The maximum Gasteiger partial charge on any atom is 0.139 e. The van der Waals surface area contributed by atoms with Gasteiger partial charge in [-0.05, 0) is 65.8 Å². The highest BCUT2D eigenvalue weighted by Gasteiger charge is 2.35. The molecule has 0 saturated carbocycles. The molecule has 0 amide bonds. The van der Waals surface area contributed by atoms with Gasteiger partial charge >= 0.3 is 0 Å². The predicted molar refractivity (Wildman–Crippen MR) is 154 cm³/mol. The van der Waals surface area contributed by atoms with Crippen molar-refractivity contribution in [2.75, 3.05) is 4.90 Å². The SMILES string of the molecule is CC(C)N(c1ccc2c(c1)C(C)(C)c1ccccc1-2)c1ccc2c(c1)oc1c(C(C)(C)C)cccc12. The molecule has 1 aromatic heterocycles. The minimum absolute atomic E-state index is 0.0172. The van der Waals surface area contributed by atoms with E-state index in [2.05, 4.69) is 132 Å². The second-order valence-corrected chi connectivity index (χ2v) is 12.1. The molecule has 182 valence electrons. The molecule has 0 spiro atoms. The van der Waals surface area contributed by atoms with E-state index in [1.807, 2.05) is 0 Å². The summed E-state index contributed by atoms with van der Waals surface area (Å²) in [6, 6.07) is 29.3. The Kier molecular flexibility index (Phi) is 4.92. The first-order chi connectivity index (χ1) is 17.1. The molecule has 5 aromatic rings. The molecule has 0 bridgehead atoms. The zero-order chi connectivity index (χ0) is 25.4. The molecule has 1 aliphatic carbocycles. The number of para-hydroxylation sites is 1. The molecule has 1 aliphatic rings.